The lowest BCUT2D eigenvalue weighted by Gasteiger charge is -2.25. The Morgan fingerprint density at radius 3 is 2.39 bits per heavy atom. The first-order valence-corrected chi connectivity index (χ1v) is 11.8. The molecule has 0 spiro atoms. The van der Waals surface area contributed by atoms with Gasteiger partial charge >= 0.3 is 0 Å². The van der Waals surface area contributed by atoms with E-state index < -0.39 is 23.8 Å². The number of nitrogens with one attached hydrogen (secondary N) is 2. The highest BCUT2D eigenvalue weighted by Crippen LogP contribution is 2.26. The van der Waals surface area contributed by atoms with Crippen LogP contribution >= 0.6 is 0 Å². The maximum atomic E-state index is 13.8. The number of aromatic hydroxyl groups is 1. The number of halogens is 2. The third kappa shape index (κ3) is 8.03. The molecular formula is C28H32F2N2O4. The summed E-state index contributed by atoms with van der Waals surface area (Å²) in [5, 5.41) is 26.7. The summed E-state index contributed by atoms with van der Waals surface area (Å²) in [6.45, 7) is 2.76. The molecule has 0 aliphatic carbocycles. The predicted molar refractivity (Wildman–Crippen MR) is 134 cm³/mol. The molecule has 0 bridgehead atoms. The number of rotatable bonds is 12. The quantitative estimate of drug-likeness (QED) is 0.306. The van der Waals surface area contributed by atoms with Gasteiger partial charge in [-0.2, -0.15) is 0 Å². The Kier molecular flexibility index (Phi) is 9.78. The van der Waals surface area contributed by atoms with E-state index in [0.29, 0.717) is 17.7 Å². The lowest BCUT2D eigenvalue weighted by molar-refractivity contribution is -0.122. The minimum atomic E-state index is -1.02. The summed E-state index contributed by atoms with van der Waals surface area (Å²) >= 11 is 0. The maximum absolute atomic E-state index is 13.8. The zero-order valence-corrected chi connectivity index (χ0v) is 20.4. The SMILES string of the molecule is CCc1cccc(CNC[C@@H](O)[C@@H](Cc2cc(F)cc(F)c2)NC(=O)Cc2ccc(O)c(OC)c2)c1. The maximum Gasteiger partial charge on any atom is 0.224 e. The topological polar surface area (TPSA) is 90.8 Å². The Morgan fingerprint density at radius 1 is 0.972 bits per heavy atom. The second kappa shape index (κ2) is 13.0. The number of methoxy groups -OCH3 is 1. The van der Waals surface area contributed by atoms with Crippen LogP contribution in [0.2, 0.25) is 0 Å². The van der Waals surface area contributed by atoms with Crippen LogP contribution in [-0.4, -0.2) is 41.9 Å². The average Bonchev–Trinajstić information content (AvgIpc) is 2.84. The van der Waals surface area contributed by atoms with Crippen molar-refractivity contribution in [1.82, 2.24) is 10.6 Å². The molecule has 192 valence electrons. The number of amides is 1. The van der Waals surface area contributed by atoms with E-state index in [4.69, 9.17) is 4.74 Å². The Balaban J connectivity index is 1.68. The second-order valence-electron chi connectivity index (χ2n) is 8.71. The number of ether oxygens (including phenoxy) is 1. The van der Waals surface area contributed by atoms with Gasteiger partial charge in [-0.1, -0.05) is 37.3 Å². The van der Waals surface area contributed by atoms with Crippen molar-refractivity contribution in [1.29, 1.82) is 0 Å². The molecule has 0 aliphatic rings. The molecule has 3 aromatic rings. The molecule has 0 fully saturated rings. The first-order chi connectivity index (χ1) is 17.3. The highest BCUT2D eigenvalue weighted by atomic mass is 19.1. The van der Waals surface area contributed by atoms with Crippen molar-refractivity contribution < 1.29 is 28.5 Å². The molecule has 1 amide bonds. The van der Waals surface area contributed by atoms with Crippen molar-refractivity contribution in [3.63, 3.8) is 0 Å². The number of aliphatic hydroxyl groups is 1. The molecule has 0 saturated carbocycles. The van der Waals surface area contributed by atoms with Gasteiger partial charge in [0, 0.05) is 19.2 Å². The van der Waals surface area contributed by atoms with Crippen LogP contribution in [0.4, 0.5) is 8.78 Å². The number of aryl methyl sites for hydroxylation is 1. The molecule has 6 nitrogen and oxygen atoms in total. The third-order valence-corrected chi connectivity index (χ3v) is 5.88. The van der Waals surface area contributed by atoms with Crippen molar-refractivity contribution in [3.8, 4) is 11.5 Å². The van der Waals surface area contributed by atoms with Gasteiger partial charge in [0.1, 0.15) is 11.6 Å². The average molecular weight is 499 g/mol. The van der Waals surface area contributed by atoms with Crippen LogP contribution < -0.4 is 15.4 Å². The molecule has 8 heteroatoms. The zero-order valence-electron chi connectivity index (χ0n) is 20.4. The van der Waals surface area contributed by atoms with E-state index in [-0.39, 0.29) is 36.8 Å². The van der Waals surface area contributed by atoms with Gasteiger partial charge in [-0.25, -0.2) is 8.78 Å². The summed E-state index contributed by atoms with van der Waals surface area (Å²) in [6.07, 6.45) is -0.104. The van der Waals surface area contributed by atoms with Gasteiger partial charge in [-0.15, -0.1) is 0 Å². The van der Waals surface area contributed by atoms with E-state index in [1.165, 1.54) is 30.9 Å². The highest BCUT2D eigenvalue weighted by molar-refractivity contribution is 5.79. The Labute approximate surface area is 209 Å². The molecule has 0 saturated heterocycles. The molecular weight excluding hydrogens is 466 g/mol. The van der Waals surface area contributed by atoms with E-state index >= 15 is 0 Å². The molecule has 0 aromatic heterocycles. The van der Waals surface area contributed by atoms with Crippen molar-refractivity contribution in [2.75, 3.05) is 13.7 Å². The number of hydrogen-bond acceptors (Lipinski definition) is 5. The number of hydrogen-bond donors (Lipinski definition) is 4. The lowest BCUT2D eigenvalue weighted by atomic mass is 10.00. The molecule has 36 heavy (non-hydrogen) atoms. The van der Waals surface area contributed by atoms with Crippen LogP contribution in [0.25, 0.3) is 0 Å². The number of carbonyl (C=O) groups excluding carboxylic acids is 1. The van der Waals surface area contributed by atoms with Crippen LogP contribution in [0.5, 0.6) is 11.5 Å². The van der Waals surface area contributed by atoms with E-state index in [1.807, 2.05) is 18.2 Å². The Morgan fingerprint density at radius 2 is 1.69 bits per heavy atom. The smallest absolute Gasteiger partial charge is 0.224 e. The van der Waals surface area contributed by atoms with Crippen molar-refractivity contribution in [2.24, 2.45) is 0 Å². The van der Waals surface area contributed by atoms with Crippen LogP contribution in [-0.2, 0) is 30.6 Å². The largest absolute Gasteiger partial charge is 0.504 e. The molecule has 0 heterocycles. The van der Waals surface area contributed by atoms with Gasteiger partial charge < -0.3 is 25.6 Å². The number of phenolic OH excluding ortho intramolecular Hbond substituents is 1. The fraction of sp³-hybridized carbons (Fsp3) is 0.321. The van der Waals surface area contributed by atoms with Gasteiger partial charge in [0.05, 0.1) is 25.7 Å². The summed E-state index contributed by atoms with van der Waals surface area (Å²) in [5.41, 5.74) is 3.19. The summed E-state index contributed by atoms with van der Waals surface area (Å²) in [6, 6.07) is 15.0. The van der Waals surface area contributed by atoms with Gasteiger partial charge in [0.2, 0.25) is 5.91 Å². The normalized spacial score (nSPS) is 12.7. The molecule has 2 atom stereocenters. The molecule has 0 aliphatic heterocycles. The van der Waals surface area contributed by atoms with Crippen molar-refractivity contribution in [3.05, 3.63) is 94.6 Å². The molecule has 3 aromatic carbocycles. The summed E-state index contributed by atoms with van der Waals surface area (Å²) in [4.78, 5) is 12.8. The van der Waals surface area contributed by atoms with E-state index in [2.05, 4.69) is 23.6 Å². The van der Waals surface area contributed by atoms with Gasteiger partial charge in [-0.05, 0) is 59.4 Å². The number of benzene rings is 3. The second-order valence-corrected chi connectivity index (χ2v) is 8.71. The van der Waals surface area contributed by atoms with E-state index in [1.54, 1.807) is 12.1 Å². The van der Waals surface area contributed by atoms with Gasteiger partial charge in [0.25, 0.3) is 0 Å². The van der Waals surface area contributed by atoms with Crippen LogP contribution in [0.3, 0.4) is 0 Å². The number of aliphatic hydroxyl groups excluding tert-OH is 1. The predicted octanol–water partition coefficient (Wildman–Crippen LogP) is 3.66. The molecule has 3 rings (SSSR count). The standard InChI is InChI=1S/C28H32F2N2O4/c1-3-18-5-4-6-20(9-18)16-31-17-26(34)24(12-21-10-22(29)15-23(30)11-21)32-28(35)14-19-7-8-25(33)27(13-19)36-2/h4-11,13,15,24,26,31,33-34H,3,12,14,16-17H2,1-2H3,(H,32,35)/t24-,26-/m1/s1. The minimum absolute atomic E-state index is 0.0331. The summed E-state index contributed by atoms with van der Waals surface area (Å²) in [5.74, 6) is -1.65. The minimum Gasteiger partial charge on any atom is -0.504 e. The first-order valence-electron chi connectivity index (χ1n) is 11.8. The number of carbonyl (C=O) groups is 1. The van der Waals surface area contributed by atoms with Crippen LogP contribution in [0.15, 0.2) is 60.7 Å². The van der Waals surface area contributed by atoms with Crippen LogP contribution in [0, 0.1) is 11.6 Å². The summed E-state index contributed by atoms with van der Waals surface area (Å²) < 4.78 is 32.6. The van der Waals surface area contributed by atoms with E-state index in [9.17, 15) is 23.8 Å². The third-order valence-electron chi connectivity index (χ3n) is 5.88. The highest BCUT2D eigenvalue weighted by Gasteiger charge is 2.23. The lowest BCUT2D eigenvalue weighted by Crippen LogP contribution is -2.49. The van der Waals surface area contributed by atoms with E-state index in [0.717, 1.165) is 18.1 Å². The van der Waals surface area contributed by atoms with Crippen LogP contribution in [0.1, 0.15) is 29.2 Å². The Hall–Kier alpha value is -3.49. The fourth-order valence-electron chi connectivity index (χ4n) is 4.01. The first kappa shape index (κ1) is 27.1. The Bertz CT molecular complexity index is 1150. The molecule has 4 N–H and O–H groups in total. The molecule has 0 radical (unpaired) electrons. The number of phenols is 1. The fourth-order valence-corrected chi connectivity index (χ4v) is 4.01. The molecule has 0 unspecified atom stereocenters. The van der Waals surface area contributed by atoms with Gasteiger partial charge in [0.15, 0.2) is 11.5 Å². The summed E-state index contributed by atoms with van der Waals surface area (Å²) in [7, 11) is 1.41. The van der Waals surface area contributed by atoms with Gasteiger partial charge in [-0.3, -0.25) is 4.79 Å². The zero-order chi connectivity index (χ0) is 26.1. The van der Waals surface area contributed by atoms with Crippen molar-refractivity contribution >= 4 is 5.91 Å². The van der Waals surface area contributed by atoms with Crippen molar-refractivity contribution in [2.45, 2.75) is 44.9 Å². The monoisotopic (exact) mass is 498 g/mol.